The molecule has 0 spiro atoms. The first kappa shape index (κ1) is 48.8. The number of nitrogens with zero attached hydrogens (tertiary/aromatic N) is 4. The van der Waals surface area contributed by atoms with Gasteiger partial charge in [-0.3, -0.25) is 0 Å². The van der Waals surface area contributed by atoms with Crippen molar-refractivity contribution in [1.29, 1.82) is 0 Å². The first-order valence-electron chi connectivity index (χ1n) is 29.4. The van der Waals surface area contributed by atoms with E-state index in [4.69, 9.17) is 13.8 Å². The first-order valence-corrected chi connectivity index (χ1v) is 29.0. The molecule has 12 rings (SSSR count). The molecule has 0 aliphatic heterocycles. The van der Waals surface area contributed by atoms with Crippen molar-refractivity contribution < 1.29 is 28.2 Å². The first-order chi connectivity index (χ1) is 38.8. The third kappa shape index (κ3) is 9.56. The topological polar surface area (TPSA) is 36.9 Å². The van der Waals surface area contributed by atoms with Crippen LogP contribution < -0.4 is 4.74 Å². The molecule has 0 saturated heterocycles. The zero-order valence-corrected chi connectivity index (χ0v) is 49.7. The molecule has 0 amide bonds. The third-order valence-electron chi connectivity index (χ3n) is 16.5. The number of hydrogen-bond donors (Lipinski definition) is 0. The van der Waals surface area contributed by atoms with Crippen LogP contribution in [-0.4, -0.2) is 18.7 Å². The Kier molecular flexibility index (Phi) is 12.0. The van der Waals surface area contributed by atoms with E-state index < -0.39 is 6.85 Å². The molecule has 6 heteroatoms. The summed E-state index contributed by atoms with van der Waals surface area (Å²) in [6, 6.07) is 62.7. The van der Waals surface area contributed by atoms with Gasteiger partial charge in [-0.1, -0.05) is 58.9 Å². The quantitative estimate of drug-likeness (QED) is 0.152. The Morgan fingerprint density at radius 1 is 0.519 bits per heavy atom. The fourth-order valence-corrected chi connectivity index (χ4v) is 13.0. The molecule has 0 atom stereocenters. The Morgan fingerprint density at radius 2 is 1.14 bits per heavy atom. The molecule has 1 aliphatic carbocycles. The predicted molar refractivity (Wildman–Crippen MR) is 328 cm³/mol. The van der Waals surface area contributed by atoms with E-state index in [1.807, 2.05) is 18.2 Å². The van der Waals surface area contributed by atoms with Crippen LogP contribution in [0.3, 0.4) is 0 Å². The molecule has 11 aromatic rings. The van der Waals surface area contributed by atoms with Gasteiger partial charge in [0.1, 0.15) is 0 Å². The zero-order valence-electron chi connectivity index (χ0n) is 50.5. The minimum atomic E-state index is -2.40. The second-order valence-corrected chi connectivity index (χ2v) is 26.6. The van der Waals surface area contributed by atoms with Crippen molar-refractivity contribution in [3.8, 4) is 62.1 Å². The van der Waals surface area contributed by atoms with Crippen LogP contribution in [0.4, 0.5) is 0 Å². The van der Waals surface area contributed by atoms with E-state index in [2.05, 4.69) is 261 Å². The van der Waals surface area contributed by atoms with Crippen LogP contribution in [0.5, 0.6) is 11.5 Å². The number of pyridine rings is 1. The maximum absolute atomic E-state index is 8.88. The summed E-state index contributed by atoms with van der Waals surface area (Å²) in [5.41, 5.74) is 18.7. The summed E-state index contributed by atoms with van der Waals surface area (Å²) in [7, 11) is 0. The second-order valence-electron chi connectivity index (χ2n) is 25.6. The monoisotopic (exact) mass is 1220 g/mol. The summed E-state index contributed by atoms with van der Waals surface area (Å²) < 4.78 is 41.6. The van der Waals surface area contributed by atoms with E-state index in [1.54, 1.807) is 12.3 Å². The van der Waals surface area contributed by atoms with Crippen molar-refractivity contribution in [2.75, 3.05) is 0 Å². The average Bonchev–Trinajstić information content (AvgIpc) is 3.87. The summed E-state index contributed by atoms with van der Waals surface area (Å²) in [6.07, 6.45) is 4.99. The summed E-state index contributed by atoms with van der Waals surface area (Å²) in [4.78, 5) is 5.15. The molecule has 0 fully saturated rings. The van der Waals surface area contributed by atoms with Crippen LogP contribution >= 0.6 is 0 Å². The van der Waals surface area contributed by atoms with Gasteiger partial charge in [-0.2, -0.15) is 0 Å². The van der Waals surface area contributed by atoms with E-state index in [0.717, 1.165) is 89.5 Å². The van der Waals surface area contributed by atoms with Crippen molar-refractivity contribution >= 4 is 32.8 Å². The Bertz CT molecular complexity index is 4330. The molecule has 0 radical (unpaired) electrons. The van der Waals surface area contributed by atoms with Gasteiger partial charge in [0.25, 0.3) is 0 Å². The van der Waals surface area contributed by atoms with E-state index in [0.29, 0.717) is 22.9 Å². The molecule has 0 N–H and O–H groups in total. The third-order valence-corrected chi connectivity index (χ3v) is 17.5. The smallest absolute Gasteiger partial charge is 0.0579 e. The van der Waals surface area contributed by atoms with Gasteiger partial charge in [0, 0.05) is 15.9 Å². The van der Waals surface area contributed by atoms with E-state index in [9.17, 15) is 0 Å². The van der Waals surface area contributed by atoms with Gasteiger partial charge < -0.3 is 0 Å². The van der Waals surface area contributed by atoms with E-state index in [-0.39, 0.29) is 27.2 Å². The summed E-state index contributed by atoms with van der Waals surface area (Å²) in [6.45, 7) is 22.6. The second kappa shape index (κ2) is 19.5. The molecule has 400 valence electrons. The van der Waals surface area contributed by atoms with E-state index >= 15 is 0 Å². The minimum Gasteiger partial charge on any atom is -0.0579 e. The normalized spacial score (nSPS) is 14.6. The van der Waals surface area contributed by atoms with Gasteiger partial charge >= 0.3 is 346 Å². The van der Waals surface area contributed by atoms with Crippen LogP contribution in [0.1, 0.15) is 126 Å². The fraction of sp³-hybridized carbons (Fsp3) is 0.260. The molecule has 3 aromatic heterocycles. The number of imidazole rings is 1. The molecule has 3 heterocycles. The summed E-state index contributed by atoms with van der Waals surface area (Å²) >= 11 is 2.52. The average molecular weight is 1220 g/mol. The van der Waals surface area contributed by atoms with Gasteiger partial charge in [-0.05, 0) is 64.8 Å². The molecular weight excluding hydrogens is 1140 g/mol. The predicted octanol–water partition coefficient (Wildman–Crippen LogP) is 19.6. The Labute approximate surface area is 482 Å². The van der Waals surface area contributed by atoms with Crippen molar-refractivity contribution in [2.24, 2.45) is 0 Å². The standard InChI is InChI=1S/C73H72N4O.Pt/c1-47-37-68(74-45-62(47)49-30-32-52(33-31-49)70(2,3)4)77-66-43-57(34-35-60(66)61-40-50-23-20-36-73(11,12)63(50)44-67(61)77)78-56-25-18-24-55(42-56)75-46-76(65-29-17-16-28-64(65)75)69-58(48-21-14-13-15-22-48)26-19-27-59(69)51-38-53(71(5,6)7)41-54(39-51)72(8,9)10;/h13-19,21-22,24-35,37-45H,20,23,36H2,1-12H3;/i1D3;. The number of hydrogen-bond acceptors (Lipinski definition) is 2. The number of aryl methyl sites for hydroxylation is 2. The van der Waals surface area contributed by atoms with Crippen LogP contribution in [0.25, 0.3) is 83.4 Å². The molecule has 5 nitrogen and oxygen atoms in total. The van der Waals surface area contributed by atoms with Crippen LogP contribution in [-0.2, 0) is 47.4 Å². The number of benzene rings is 8. The number of rotatable bonds is 8. The van der Waals surface area contributed by atoms with Crippen molar-refractivity contribution in [3.05, 3.63) is 219 Å². The fourth-order valence-electron chi connectivity index (χ4n) is 11.9. The molecule has 0 bridgehead atoms. The van der Waals surface area contributed by atoms with Crippen LogP contribution in [0.15, 0.2) is 182 Å². The molecule has 1 aliphatic rings. The molecule has 0 unspecified atom stereocenters. The zero-order chi connectivity index (χ0) is 57.8. The molecule has 0 saturated carbocycles. The molecule has 8 aromatic carbocycles. The SMILES string of the molecule is [2H]C([2H])([2H])c1cc(-n2c3cc(Oc4cccc(-n5[c](=[Pt])n(-c6c(-c7ccccc7)cccc6-c6cc(C(C)(C)C)cc(C(C)(C)C)c6)c6ccccc65)c4)ccc3c3cc4c(cc32)C(C)(C)CCC4)ncc1-c1ccc(C(C)(C)C)cc1. The van der Waals surface area contributed by atoms with Gasteiger partial charge in [0.05, 0.1) is 0 Å². The van der Waals surface area contributed by atoms with Gasteiger partial charge in [-0.15, -0.1) is 0 Å². The Balaban J connectivity index is 1.00. The van der Waals surface area contributed by atoms with Gasteiger partial charge in [0.2, 0.25) is 0 Å². The number of ether oxygens (including phenoxy) is 1. The van der Waals surface area contributed by atoms with Gasteiger partial charge in [0.15, 0.2) is 0 Å². The summed E-state index contributed by atoms with van der Waals surface area (Å²) in [5, 5.41) is 2.16. The Morgan fingerprint density at radius 3 is 1.82 bits per heavy atom. The van der Waals surface area contributed by atoms with Gasteiger partial charge in [-0.25, -0.2) is 0 Å². The minimum absolute atomic E-state index is 0.0212. The van der Waals surface area contributed by atoms with Crippen molar-refractivity contribution in [2.45, 2.75) is 124 Å². The van der Waals surface area contributed by atoms with Crippen molar-refractivity contribution in [1.82, 2.24) is 18.7 Å². The van der Waals surface area contributed by atoms with Crippen LogP contribution in [0, 0.1) is 10.7 Å². The molecule has 79 heavy (non-hydrogen) atoms. The maximum atomic E-state index is 8.88. The number of fused-ring (bicyclic) bond motifs is 5. The summed E-state index contributed by atoms with van der Waals surface area (Å²) in [5.74, 6) is 1.88. The van der Waals surface area contributed by atoms with Crippen molar-refractivity contribution in [3.63, 3.8) is 0 Å². The van der Waals surface area contributed by atoms with Crippen LogP contribution in [0.2, 0.25) is 0 Å². The van der Waals surface area contributed by atoms with E-state index in [1.165, 1.54) is 33.4 Å². The Hall–Kier alpha value is -7.33. The number of para-hydroxylation sites is 3. The number of aromatic nitrogens is 4. The molecular formula is C73H72N4OPt.